The van der Waals surface area contributed by atoms with Crippen LogP contribution in [0.3, 0.4) is 0 Å². The van der Waals surface area contributed by atoms with Crippen LogP contribution >= 0.6 is 11.6 Å². The minimum atomic E-state index is -3.17. The van der Waals surface area contributed by atoms with Crippen LogP contribution in [-0.2, 0) is 9.84 Å². The van der Waals surface area contributed by atoms with Crippen molar-refractivity contribution in [2.24, 2.45) is 5.73 Å². The summed E-state index contributed by atoms with van der Waals surface area (Å²) in [7, 11) is -3.17. The van der Waals surface area contributed by atoms with Gasteiger partial charge < -0.3 is 5.73 Å². The Balaban J connectivity index is 3.22. The van der Waals surface area contributed by atoms with Crippen LogP contribution in [0, 0.1) is 13.8 Å². The van der Waals surface area contributed by atoms with E-state index in [2.05, 4.69) is 0 Å². The highest BCUT2D eigenvalue weighted by atomic mass is 35.5. The lowest BCUT2D eigenvalue weighted by Crippen LogP contribution is -2.30. The van der Waals surface area contributed by atoms with E-state index in [0.717, 1.165) is 11.1 Å². The molecule has 0 radical (unpaired) electrons. The molecule has 0 saturated heterocycles. The molecule has 3 nitrogen and oxygen atoms in total. The summed E-state index contributed by atoms with van der Waals surface area (Å²) in [6.45, 7) is 5.51. The van der Waals surface area contributed by atoms with Gasteiger partial charge in [-0.3, -0.25) is 0 Å². The van der Waals surface area contributed by atoms with Crippen LogP contribution in [0.4, 0.5) is 0 Å². The van der Waals surface area contributed by atoms with Crippen LogP contribution in [-0.4, -0.2) is 19.9 Å². The van der Waals surface area contributed by atoms with Crippen LogP contribution in [0.2, 0.25) is 5.02 Å². The molecule has 96 valence electrons. The van der Waals surface area contributed by atoms with E-state index >= 15 is 0 Å². The number of hydrogen-bond acceptors (Lipinski definition) is 3. The molecular formula is C12H18ClNO2S. The predicted molar refractivity (Wildman–Crippen MR) is 72.2 cm³/mol. The third-order valence-electron chi connectivity index (χ3n) is 3.15. The first-order valence-corrected chi connectivity index (χ1v) is 7.69. The fourth-order valence-corrected chi connectivity index (χ4v) is 2.60. The van der Waals surface area contributed by atoms with Crippen molar-refractivity contribution in [2.45, 2.75) is 32.1 Å². The van der Waals surface area contributed by atoms with Gasteiger partial charge in [0.05, 0.1) is 5.25 Å². The molecule has 0 spiro atoms. The highest BCUT2D eigenvalue weighted by Crippen LogP contribution is 2.28. The van der Waals surface area contributed by atoms with Gasteiger partial charge in [0.2, 0.25) is 0 Å². The SMILES string of the molecule is Cc1cc(Cl)c(C(N)C(C)S(C)(=O)=O)cc1C. The summed E-state index contributed by atoms with van der Waals surface area (Å²) in [5.41, 5.74) is 8.79. The van der Waals surface area contributed by atoms with E-state index in [4.69, 9.17) is 17.3 Å². The van der Waals surface area contributed by atoms with Crippen molar-refractivity contribution in [1.29, 1.82) is 0 Å². The highest BCUT2D eigenvalue weighted by Gasteiger charge is 2.25. The second kappa shape index (κ2) is 4.96. The molecule has 2 unspecified atom stereocenters. The number of hydrogen-bond donors (Lipinski definition) is 1. The zero-order chi connectivity index (χ0) is 13.4. The van der Waals surface area contributed by atoms with Crippen molar-refractivity contribution in [3.05, 3.63) is 33.8 Å². The van der Waals surface area contributed by atoms with Gasteiger partial charge in [0, 0.05) is 17.3 Å². The minimum absolute atomic E-state index is 0.524. The molecule has 0 aliphatic carbocycles. The lowest BCUT2D eigenvalue weighted by atomic mass is 10.00. The summed E-state index contributed by atoms with van der Waals surface area (Å²) in [6, 6.07) is 3.09. The predicted octanol–water partition coefficient (Wildman–Crippen LogP) is 2.39. The maximum absolute atomic E-state index is 11.5. The fourth-order valence-electron chi connectivity index (χ4n) is 1.58. The first kappa shape index (κ1) is 14.5. The van der Waals surface area contributed by atoms with Crippen molar-refractivity contribution in [2.75, 3.05) is 6.26 Å². The average molecular weight is 276 g/mol. The molecule has 1 rings (SSSR count). The Hall–Kier alpha value is -0.580. The van der Waals surface area contributed by atoms with Gasteiger partial charge in [0.25, 0.3) is 0 Å². The topological polar surface area (TPSA) is 60.2 Å². The van der Waals surface area contributed by atoms with Crippen LogP contribution < -0.4 is 5.73 Å². The summed E-state index contributed by atoms with van der Waals surface area (Å²) >= 11 is 6.12. The molecule has 0 heterocycles. The Morgan fingerprint density at radius 1 is 1.24 bits per heavy atom. The minimum Gasteiger partial charge on any atom is -0.323 e. The van der Waals surface area contributed by atoms with Crippen molar-refractivity contribution in [1.82, 2.24) is 0 Å². The normalized spacial score (nSPS) is 15.6. The van der Waals surface area contributed by atoms with E-state index in [1.807, 2.05) is 26.0 Å². The van der Waals surface area contributed by atoms with E-state index in [-0.39, 0.29) is 0 Å². The number of sulfone groups is 1. The Morgan fingerprint density at radius 3 is 2.18 bits per heavy atom. The Labute approximate surface area is 108 Å². The van der Waals surface area contributed by atoms with E-state index in [1.165, 1.54) is 6.26 Å². The molecule has 0 saturated carbocycles. The first-order valence-electron chi connectivity index (χ1n) is 5.35. The maximum Gasteiger partial charge on any atom is 0.151 e. The standard InChI is InChI=1S/C12H18ClNO2S/c1-7-5-10(11(13)6-8(7)2)12(14)9(3)17(4,15)16/h5-6,9,12H,14H2,1-4H3. The van der Waals surface area contributed by atoms with Crippen LogP contribution in [0.25, 0.3) is 0 Å². The van der Waals surface area contributed by atoms with E-state index < -0.39 is 21.1 Å². The van der Waals surface area contributed by atoms with E-state index in [1.54, 1.807) is 6.92 Å². The molecule has 0 aliphatic heterocycles. The lowest BCUT2D eigenvalue weighted by molar-refractivity contribution is 0.570. The summed E-state index contributed by atoms with van der Waals surface area (Å²) < 4.78 is 23.0. The van der Waals surface area contributed by atoms with Gasteiger partial charge in [0.1, 0.15) is 0 Å². The monoisotopic (exact) mass is 275 g/mol. The zero-order valence-corrected chi connectivity index (χ0v) is 12.1. The van der Waals surface area contributed by atoms with Gasteiger partial charge >= 0.3 is 0 Å². The Morgan fingerprint density at radius 2 is 1.71 bits per heavy atom. The van der Waals surface area contributed by atoms with Crippen molar-refractivity contribution >= 4 is 21.4 Å². The van der Waals surface area contributed by atoms with E-state index in [9.17, 15) is 8.42 Å². The Bertz CT molecular complexity index is 526. The lowest BCUT2D eigenvalue weighted by Gasteiger charge is -2.20. The van der Waals surface area contributed by atoms with Gasteiger partial charge in [-0.05, 0) is 43.5 Å². The van der Waals surface area contributed by atoms with Crippen LogP contribution in [0.1, 0.15) is 29.7 Å². The Kier molecular flexibility index (Phi) is 4.23. The number of rotatable bonds is 3. The van der Waals surface area contributed by atoms with Crippen molar-refractivity contribution in [3.8, 4) is 0 Å². The van der Waals surface area contributed by atoms with Crippen molar-refractivity contribution in [3.63, 3.8) is 0 Å². The third-order valence-corrected chi connectivity index (χ3v) is 5.12. The first-order chi connectivity index (χ1) is 7.64. The zero-order valence-electron chi connectivity index (χ0n) is 10.5. The smallest absolute Gasteiger partial charge is 0.151 e. The molecule has 1 aromatic rings. The fraction of sp³-hybridized carbons (Fsp3) is 0.500. The summed E-state index contributed by atoms with van der Waals surface area (Å²) in [5.74, 6) is 0. The number of nitrogens with two attached hydrogens (primary N) is 1. The number of benzene rings is 1. The summed E-state index contributed by atoms with van der Waals surface area (Å²) in [6.07, 6.45) is 1.19. The summed E-state index contributed by atoms with van der Waals surface area (Å²) in [5, 5.41) is -0.127. The molecule has 0 bridgehead atoms. The van der Waals surface area contributed by atoms with Gasteiger partial charge in [0.15, 0.2) is 9.84 Å². The average Bonchev–Trinajstić information content (AvgIpc) is 2.20. The molecule has 1 aromatic carbocycles. The number of halogens is 1. The molecule has 2 N–H and O–H groups in total. The molecule has 5 heteroatoms. The quantitative estimate of drug-likeness (QED) is 0.921. The molecule has 17 heavy (non-hydrogen) atoms. The van der Waals surface area contributed by atoms with Gasteiger partial charge in [-0.1, -0.05) is 17.7 Å². The third kappa shape index (κ3) is 3.21. The molecule has 0 amide bonds. The van der Waals surface area contributed by atoms with Gasteiger partial charge in [-0.2, -0.15) is 0 Å². The molecule has 2 atom stereocenters. The molecular weight excluding hydrogens is 258 g/mol. The molecule has 0 aromatic heterocycles. The highest BCUT2D eigenvalue weighted by molar-refractivity contribution is 7.91. The van der Waals surface area contributed by atoms with Gasteiger partial charge in [-0.25, -0.2) is 8.42 Å². The van der Waals surface area contributed by atoms with E-state index in [0.29, 0.717) is 10.6 Å². The second-order valence-electron chi connectivity index (χ2n) is 4.52. The summed E-state index contributed by atoms with van der Waals surface area (Å²) in [4.78, 5) is 0. The second-order valence-corrected chi connectivity index (χ2v) is 7.33. The number of aryl methyl sites for hydroxylation is 2. The van der Waals surface area contributed by atoms with Crippen LogP contribution in [0.5, 0.6) is 0 Å². The van der Waals surface area contributed by atoms with Crippen molar-refractivity contribution < 1.29 is 8.42 Å². The van der Waals surface area contributed by atoms with Crippen LogP contribution in [0.15, 0.2) is 12.1 Å². The van der Waals surface area contributed by atoms with Gasteiger partial charge in [-0.15, -0.1) is 0 Å². The molecule has 0 fully saturated rings. The maximum atomic E-state index is 11.5. The molecule has 0 aliphatic rings. The largest absolute Gasteiger partial charge is 0.323 e.